The number of likely N-dealkylation sites (N-methyl/N-ethyl adjacent to an activating group) is 1. The normalized spacial score (nSPS) is 17.9. The Balaban J connectivity index is 0. The number of rotatable bonds is 4. The zero-order chi connectivity index (χ0) is 11.3. The zero-order valence-electron chi connectivity index (χ0n) is 10.4. The van der Waals surface area contributed by atoms with Crippen molar-refractivity contribution in [3.63, 3.8) is 0 Å². The summed E-state index contributed by atoms with van der Waals surface area (Å²) in [5.41, 5.74) is 5.70. The molecule has 0 saturated carbocycles. The molecule has 17 heavy (non-hydrogen) atoms. The monoisotopic (exact) mass is 287 g/mol. The van der Waals surface area contributed by atoms with E-state index in [4.69, 9.17) is 10.5 Å². The van der Waals surface area contributed by atoms with Gasteiger partial charge in [0.2, 0.25) is 5.91 Å². The molecule has 1 aliphatic rings. The van der Waals surface area contributed by atoms with Crippen LogP contribution in [0.5, 0.6) is 0 Å². The lowest BCUT2D eigenvalue weighted by atomic mass is 10.2. The first-order chi connectivity index (χ1) is 7.19. The molecule has 104 valence electrons. The van der Waals surface area contributed by atoms with Crippen LogP contribution in [0.15, 0.2) is 0 Å². The number of halogens is 2. The predicted molar refractivity (Wildman–Crippen MR) is 73.0 cm³/mol. The van der Waals surface area contributed by atoms with E-state index < -0.39 is 6.04 Å². The maximum Gasteiger partial charge on any atom is 0.241 e. The lowest BCUT2D eigenvalue weighted by molar-refractivity contribution is -0.135. The van der Waals surface area contributed by atoms with Crippen LogP contribution < -0.4 is 5.73 Å². The molecule has 1 amide bonds. The lowest BCUT2D eigenvalue weighted by Gasteiger charge is -2.35. The van der Waals surface area contributed by atoms with E-state index in [-0.39, 0.29) is 30.7 Å². The summed E-state index contributed by atoms with van der Waals surface area (Å²) >= 11 is 0. The van der Waals surface area contributed by atoms with Crippen molar-refractivity contribution in [1.82, 2.24) is 9.80 Å². The van der Waals surface area contributed by atoms with Gasteiger partial charge in [0.05, 0.1) is 6.61 Å². The third-order valence-electron chi connectivity index (χ3n) is 2.79. The van der Waals surface area contributed by atoms with Gasteiger partial charge in [-0.25, -0.2) is 0 Å². The van der Waals surface area contributed by atoms with Crippen molar-refractivity contribution >= 4 is 30.7 Å². The van der Waals surface area contributed by atoms with E-state index in [1.165, 1.54) is 0 Å². The molecule has 1 rings (SSSR count). The number of methoxy groups -OCH3 is 1. The van der Waals surface area contributed by atoms with Crippen LogP contribution in [0.1, 0.15) is 6.92 Å². The average Bonchev–Trinajstić information content (AvgIpc) is 2.28. The van der Waals surface area contributed by atoms with Crippen molar-refractivity contribution in [1.29, 1.82) is 0 Å². The van der Waals surface area contributed by atoms with Crippen LogP contribution in [0.25, 0.3) is 0 Å². The van der Waals surface area contributed by atoms with E-state index in [0.29, 0.717) is 6.61 Å². The van der Waals surface area contributed by atoms with Gasteiger partial charge in [-0.1, -0.05) is 6.92 Å². The summed E-state index contributed by atoms with van der Waals surface area (Å²) in [5, 5.41) is 0. The van der Waals surface area contributed by atoms with Crippen LogP contribution in [0.3, 0.4) is 0 Å². The second-order valence-electron chi connectivity index (χ2n) is 3.82. The van der Waals surface area contributed by atoms with Crippen molar-refractivity contribution in [2.24, 2.45) is 5.73 Å². The summed E-state index contributed by atoms with van der Waals surface area (Å²) < 4.78 is 4.87. The molecule has 1 unspecified atom stereocenters. The quantitative estimate of drug-likeness (QED) is 0.789. The Morgan fingerprint density at radius 3 is 2.24 bits per heavy atom. The number of amides is 1. The fourth-order valence-electron chi connectivity index (χ4n) is 1.77. The third-order valence-corrected chi connectivity index (χ3v) is 2.79. The molecule has 0 aromatic rings. The van der Waals surface area contributed by atoms with Gasteiger partial charge in [0, 0.05) is 33.3 Å². The first-order valence-electron chi connectivity index (χ1n) is 5.44. The van der Waals surface area contributed by atoms with E-state index in [9.17, 15) is 4.79 Å². The molecule has 1 saturated heterocycles. The molecule has 0 aliphatic carbocycles. The molecule has 2 N–H and O–H groups in total. The molecule has 1 fully saturated rings. The minimum Gasteiger partial charge on any atom is -0.383 e. The second kappa shape index (κ2) is 9.91. The van der Waals surface area contributed by atoms with Gasteiger partial charge in [-0.05, 0) is 6.54 Å². The number of nitrogens with two attached hydrogens (primary N) is 1. The maximum atomic E-state index is 11.8. The number of piperazine rings is 1. The van der Waals surface area contributed by atoms with Crippen LogP contribution >= 0.6 is 24.8 Å². The van der Waals surface area contributed by atoms with Crippen molar-refractivity contribution < 1.29 is 9.53 Å². The summed E-state index contributed by atoms with van der Waals surface area (Å²) in [4.78, 5) is 15.9. The van der Waals surface area contributed by atoms with Gasteiger partial charge >= 0.3 is 0 Å². The van der Waals surface area contributed by atoms with Crippen molar-refractivity contribution in [3.05, 3.63) is 0 Å². The number of carbonyl (C=O) groups is 1. The molecule has 1 heterocycles. The van der Waals surface area contributed by atoms with Gasteiger partial charge in [-0.3, -0.25) is 4.79 Å². The summed E-state index contributed by atoms with van der Waals surface area (Å²) in [6.07, 6.45) is 0. The Bertz CT molecular complexity index is 212. The summed E-state index contributed by atoms with van der Waals surface area (Å²) in [7, 11) is 1.56. The van der Waals surface area contributed by atoms with Gasteiger partial charge in [0.1, 0.15) is 6.04 Å². The SMILES string of the molecule is CCN1CCN(C(=O)C(N)COC)CC1.Cl.Cl. The van der Waals surface area contributed by atoms with Crippen molar-refractivity contribution in [2.75, 3.05) is 46.4 Å². The molecular weight excluding hydrogens is 265 g/mol. The van der Waals surface area contributed by atoms with Crippen LogP contribution in [0.2, 0.25) is 0 Å². The molecule has 0 radical (unpaired) electrons. The Morgan fingerprint density at radius 1 is 1.29 bits per heavy atom. The highest BCUT2D eigenvalue weighted by Gasteiger charge is 2.24. The van der Waals surface area contributed by atoms with E-state index in [2.05, 4.69) is 11.8 Å². The van der Waals surface area contributed by atoms with Gasteiger partial charge < -0.3 is 20.3 Å². The third kappa shape index (κ3) is 5.88. The highest BCUT2D eigenvalue weighted by atomic mass is 35.5. The van der Waals surface area contributed by atoms with Gasteiger partial charge in [-0.15, -0.1) is 24.8 Å². The number of hydrogen-bond acceptors (Lipinski definition) is 4. The molecule has 5 nitrogen and oxygen atoms in total. The Labute approximate surface area is 115 Å². The zero-order valence-corrected chi connectivity index (χ0v) is 12.1. The minimum atomic E-state index is -0.511. The summed E-state index contributed by atoms with van der Waals surface area (Å²) in [5.74, 6) is 0.00704. The second-order valence-corrected chi connectivity index (χ2v) is 3.82. The topological polar surface area (TPSA) is 58.8 Å². The fourth-order valence-corrected chi connectivity index (χ4v) is 1.77. The summed E-state index contributed by atoms with van der Waals surface area (Å²) in [6.45, 7) is 6.94. The van der Waals surface area contributed by atoms with E-state index in [1.54, 1.807) is 7.11 Å². The number of carbonyl (C=O) groups excluding carboxylic acids is 1. The first-order valence-corrected chi connectivity index (χ1v) is 5.44. The first kappa shape index (κ1) is 19.3. The standard InChI is InChI=1S/C10H21N3O2.2ClH/c1-3-12-4-6-13(7-5-12)10(14)9(11)8-15-2;;/h9H,3-8,11H2,1-2H3;2*1H. The smallest absolute Gasteiger partial charge is 0.241 e. The van der Waals surface area contributed by atoms with Crippen LogP contribution in [0.4, 0.5) is 0 Å². The summed E-state index contributed by atoms with van der Waals surface area (Å²) in [6, 6.07) is -0.511. The number of hydrogen-bond donors (Lipinski definition) is 1. The number of nitrogens with zero attached hydrogens (tertiary/aromatic N) is 2. The largest absolute Gasteiger partial charge is 0.383 e. The molecule has 1 aliphatic heterocycles. The Morgan fingerprint density at radius 2 is 1.82 bits per heavy atom. The maximum absolute atomic E-state index is 11.8. The predicted octanol–water partition coefficient (Wildman–Crippen LogP) is -0.0322. The Hall–Kier alpha value is -0.0700. The van der Waals surface area contributed by atoms with E-state index >= 15 is 0 Å². The molecule has 7 heteroatoms. The number of ether oxygens (including phenoxy) is 1. The Kier molecular flexibility index (Phi) is 11.2. The van der Waals surface area contributed by atoms with Crippen molar-refractivity contribution in [2.45, 2.75) is 13.0 Å². The highest BCUT2D eigenvalue weighted by molar-refractivity contribution is 5.85. The molecule has 0 spiro atoms. The van der Waals surface area contributed by atoms with Crippen LogP contribution in [-0.4, -0.2) is 68.2 Å². The van der Waals surface area contributed by atoms with E-state index in [0.717, 1.165) is 32.7 Å². The minimum absolute atomic E-state index is 0. The van der Waals surface area contributed by atoms with Crippen LogP contribution in [0, 0.1) is 0 Å². The van der Waals surface area contributed by atoms with E-state index in [1.807, 2.05) is 4.90 Å². The lowest BCUT2D eigenvalue weighted by Crippen LogP contribution is -2.54. The molecule has 0 bridgehead atoms. The van der Waals surface area contributed by atoms with Gasteiger partial charge in [0.25, 0.3) is 0 Å². The molecule has 1 atom stereocenters. The highest BCUT2D eigenvalue weighted by Crippen LogP contribution is 2.03. The van der Waals surface area contributed by atoms with Crippen LogP contribution in [-0.2, 0) is 9.53 Å². The molecule has 0 aromatic carbocycles. The fraction of sp³-hybridized carbons (Fsp3) is 0.900. The van der Waals surface area contributed by atoms with Gasteiger partial charge in [0.15, 0.2) is 0 Å². The molecular formula is C10H23Cl2N3O2. The van der Waals surface area contributed by atoms with Gasteiger partial charge in [-0.2, -0.15) is 0 Å². The van der Waals surface area contributed by atoms with Crippen molar-refractivity contribution in [3.8, 4) is 0 Å². The molecule has 0 aromatic heterocycles. The average molecular weight is 288 g/mol.